The van der Waals surface area contributed by atoms with E-state index in [2.05, 4.69) is 36.5 Å². The molecule has 16 rings (SSSR count). The lowest BCUT2D eigenvalue weighted by atomic mass is 9.60. The predicted octanol–water partition coefficient (Wildman–Crippen LogP) is 11.0. The molecular weight excluding hydrogens is 577 g/mol. The minimum atomic E-state index is 0.798. The van der Waals surface area contributed by atoms with E-state index < -0.39 is 0 Å². The van der Waals surface area contributed by atoms with Crippen molar-refractivity contribution in [3.05, 3.63) is 103 Å². The fourth-order valence-electron chi connectivity index (χ4n) is 18.8. The molecule has 15 aliphatic rings. The summed E-state index contributed by atoms with van der Waals surface area (Å²) in [6.07, 6.45) is 33.7. The zero-order chi connectivity index (χ0) is 30.0. The average molecular weight is 625 g/mol. The van der Waals surface area contributed by atoms with Gasteiger partial charge < -0.3 is 0 Å². The quantitative estimate of drug-likeness (QED) is 0.252. The molecule has 0 heteroatoms. The maximum absolute atomic E-state index is 2.65. The second-order valence-corrected chi connectivity index (χ2v) is 20.7. The van der Waals surface area contributed by atoms with Crippen molar-refractivity contribution in [3.63, 3.8) is 0 Å². The van der Waals surface area contributed by atoms with E-state index in [1.807, 2.05) is 66.8 Å². The first-order valence-electron chi connectivity index (χ1n) is 21.2. The van der Waals surface area contributed by atoms with Crippen LogP contribution in [0.1, 0.15) is 146 Å². The van der Waals surface area contributed by atoms with E-state index in [4.69, 9.17) is 0 Å². The van der Waals surface area contributed by atoms with Crippen molar-refractivity contribution in [3.8, 4) is 0 Å². The Morgan fingerprint density at radius 2 is 0.438 bits per heavy atom. The van der Waals surface area contributed by atoms with Crippen LogP contribution in [0, 0.1) is 71.0 Å². The smallest absolute Gasteiger partial charge is 0.00662 e. The van der Waals surface area contributed by atoms with Crippen molar-refractivity contribution in [2.45, 2.75) is 113 Å². The van der Waals surface area contributed by atoms with Crippen molar-refractivity contribution in [2.75, 3.05) is 0 Å². The molecule has 0 radical (unpaired) electrons. The normalized spacial score (nSPS) is 55.2. The summed E-state index contributed by atoms with van der Waals surface area (Å²) in [6.45, 7) is 0. The number of hydrogen-bond acceptors (Lipinski definition) is 0. The van der Waals surface area contributed by atoms with Crippen LogP contribution in [-0.2, 0) is 0 Å². The molecule has 1 aromatic rings. The van der Waals surface area contributed by atoms with Gasteiger partial charge in [-0.25, -0.2) is 0 Å². The zero-order valence-corrected chi connectivity index (χ0v) is 28.3. The standard InChI is InChI=1S/C48H48/c1-2-20-7-19(1)25-10-31-32(11-26(20)25)38-16-37(31)43-44(38)46-40-18-42(36-15-30-24-6-5-23(9-24)29(30)14-35(36)40)48(46)47-41-17-39(45(43)47)33-12-27-21-3-4-22(8-21)28(27)13-34(33)41/h1-6,19-30,37-42H,7-18H2. The molecule has 0 aliphatic heterocycles. The summed E-state index contributed by atoms with van der Waals surface area (Å²) < 4.78 is 0. The first-order chi connectivity index (χ1) is 23.7. The van der Waals surface area contributed by atoms with E-state index in [0.29, 0.717) is 0 Å². The molecule has 240 valence electrons. The molecule has 0 nitrogen and oxygen atoms in total. The molecule has 0 N–H and O–H groups in total. The van der Waals surface area contributed by atoms with Gasteiger partial charge in [-0.15, -0.1) is 0 Å². The van der Waals surface area contributed by atoms with Gasteiger partial charge in [0.2, 0.25) is 0 Å². The molecule has 1 aromatic carbocycles. The van der Waals surface area contributed by atoms with Crippen molar-refractivity contribution in [1.82, 2.24) is 0 Å². The lowest BCUT2D eigenvalue weighted by molar-refractivity contribution is 0.280. The van der Waals surface area contributed by atoms with E-state index >= 15 is 0 Å². The van der Waals surface area contributed by atoms with Gasteiger partial charge in [0, 0.05) is 35.5 Å². The van der Waals surface area contributed by atoms with Crippen molar-refractivity contribution >= 4 is 0 Å². The van der Waals surface area contributed by atoms with E-state index in [1.165, 1.54) is 77.0 Å². The number of rotatable bonds is 0. The summed E-state index contributed by atoms with van der Waals surface area (Å²) in [4.78, 5) is 0. The Morgan fingerprint density at radius 3 is 0.625 bits per heavy atom. The summed E-state index contributed by atoms with van der Waals surface area (Å²) in [5.41, 5.74) is 24.2. The van der Waals surface area contributed by atoms with Crippen LogP contribution in [0.25, 0.3) is 0 Å². The summed E-state index contributed by atoms with van der Waals surface area (Å²) in [5, 5.41) is 0. The van der Waals surface area contributed by atoms with Crippen LogP contribution in [0.2, 0.25) is 0 Å². The highest BCUT2D eigenvalue weighted by atomic mass is 14.7. The number of benzene rings is 1. The van der Waals surface area contributed by atoms with Crippen LogP contribution in [0.5, 0.6) is 0 Å². The molecule has 0 aromatic heterocycles. The van der Waals surface area contributed by atoms with Crippen molar-refractivity contribution in [1.29, 1.82) is 0 Å². The summed E-state index contributed by atoms with van der Waals surface area (Å²) in [6, 6.07) is 0. The molecule has 12 bridgehead atoms. The van der Waals surface area contributed by atoms with Crippen LogP contribution in [0.4, 0.5) is 0 Å². The Hall–Kier alpha value is -2.34. The third-order valence-electron chi connectivity index (χ3n) is 20.1. The highest BCUT2D eigenvalue weighted by molar-refractivity contribution is 5.76. The van der Waals surface area contributed by atoms with Crippen LogP contribution < -0.4 is 0 Å². The molecule has 0 saturated heterocycles. The Morgan fingerprint density at radius 1 is 0.250 bits per heavy atom. The third kappa shape index (κ3) is 2.43. The largest absolute Gasteiger partial charge is 0.0848 e. The molecule has 3 fully saturated rings. The molecule has 18 atom stereocenters. The van der Waals surface area contributed by atoms with Crippen LogP contribution in [0.3, 0.4) is 0 Å². The lowest BCUT2D eigenvalue weighted by Gasteiger charge is -2.44. The number of fused-ring (bicyclic) bond motifs is 39. The van der Waals surface area contributed by atoms with Gasteiger partial charge in [-0.3, -0.25) is 0 Å². The third-order valence-corrected chi connectivity index (χ3v) is 20.1. The number of allylic oxidation sites excluding steroid dienone is 12. The van der Waals surface area contributed by atoms with Gasteiger partial charge in [-0.1, -0.05) is 69.9 Å². The molecule has 15 aliphatic carbocycles. The van der Waals surface area contributed by atoms with E-state index in [0.717, 1.165) is 107 Å². The van der Waals surface area contributed by atoms with Crippen LogP contribution in [-0.4, -0.2) is 0 Å². The minimum absolute atomic E-state index is 0.798. The Labute approximate surface area is 286 Å². The highest BCUT2D eigenvalue weighted by Crippen LogP contribution is 2.77. The SMILES string of the molecule is C1=CC2CC1C1CC3=C(CC21)C1CC3c2c3c(c4c(c21)C1CC4C2=C1CC1C4C=CC(C4)C1C2)C1CC3C2=C1CC1C3C=CC(C3)C1C2. The van der Waals surface area contributed by atoms with Crippen LogP contribution >= 0.6 is 0 Å². The molecule has 0 spiro atoms. The van der Waals surface area contributed by atoms with Gasteiger partial charge in [0.25, 0.3) is 0 Å². The van der Waals surface area contributed by atoms with E-state index in [-0.39, 0.29) is 0 Å². The molecule has 48 heavy (non-hydrogen) atoms. The zero-order valence-electron chi connectivity index (χ0n) is 28.3. The molecule has 0 heterocycles. The summed E-state index contributed by atoms with van der Waals surface area (Å²) in [5.74, 6) is 16.1. The topological polar surface area (TPSA) is 0 Å². The van der Waals surface area contributed by atoms with Gasteiger partial charge in [-0.05, 0) is 181 Å². The monoisotopic (exact) mass is 624 g/mol. The molecule has 0 amide bonds. The van der Waals surface area contributed by atoms with Gasteiger partial charge in [0.15, 0.2) is 0 Å². The van der Waals surface area contributed by atoms with Crippen molar-refractivity contribution in [2.24, 2.45) is 71.0 Å². The lowest BCUT2D eigenvalue weighted by Crippen LogP contribution is -2.31. The maximum Gasteiger partial charge on any atom is 0.00662 e. The van der Waals surface area contributed by atoms with Gasteiger partial charge in [0.05, 0.1) is 0 Å². The fourth-order valence-corrected chi connectivity index (χ4v) is 18.8. The maximum atomic E-state index is 2.65. The second kappa shape index (κ2) is 7.63. The molecular formula is C48H48. The van der Waals surface area contributed by atoms with Gasteiger partial charge >= 0.3 is 0 Å². The van der Waals surface area contributed by atoms with E-state index in [9.17, 15) is 0 Å². The van der Waals surface area contributed by atoms with E-state index in [1.54, 1.807) is 0 Å². The Balaban J connectivity index is 0.892. The van der Waals surface area contributed by atoms with Gasteiger partial charge in [-0.2, -0.15) is 0 Å². The molecule has 3 saturated carbocycles. The number of hydrogen-bond donors (Lipinski definition) is 0. The average Bonchev–Trinajstić information content (AvgIpc) is 3.98. The Kier molecular flexibility index (Phi) is 3.93. The summed E-state index contributed by atoms with van der Waals surface area (Å²) >= 11 is 0. The fraction of sp³-hybridized carbons (Fsp3) is 0.625. The first kappa shape index (κ1) is 24.7. The van der Waals surface area contributed by atoms with Gasteiger partial charge in [0.1, 0.15) is 0 Å². The van der Waals surface area contributed by atoms with Crippen LogP contribution in [0.15, 0.2) is 69.9 Å². The highest BCUT2D eigenvalue weighted by Gasteiger charge is 2.62. The van der Waals surface area contributed by atoms with Crippen molar-refractivity contribution < 1.29 is 0 Å². The second-order valence-electron chi connectivity index (χ2n) is 20.7. The summed E-state index contributed by atoms with van der Waals surface area (Å²) in [7, 11) is 0. The first-order valence-corrected chi connectivity index (χ1v) is 21.2. The minimum Gasteiger partial charge on any atom is -0.0848 e. The molecule has 18 unspecified atom stereocenters. The predicted molar refractivity (Wildman–Crippen MR) is 189 cm³/mol. The Bertz CT molecular complexity index is 1680.